The lowest BCUT2D eigenvalue weighted by Crippen LogP contribution is -2.29. The molecule has 0 amide bonds. The third-order valence-electron chi connectivity index (χ3n) is 4.45. The van der Waals surface area contributed by atoms with Crippen molar-refractivity contribution in [2.24, 2.45) is 0 Å². The monoisotopic (exact) mass is 389 g/mol. The van der Waals surface area contributed by atoms with Gasteiger partial charge in [-0.15, -0.1) is 0 Å². The Morgan fingerprint density at radius 1 is 0.828 bits per heavy atom. The molecule has 0 saturated carbocycles. The zero-order chi connectivity index (χ0) is 20.8. The molecule has 0 saturated heterocycles. The van der Waals surface area contributed by atoms with E-state index < -0.39 is 29.5 Å². The van der Waals surface area contributed by atoms with Crippen molar-refractivity contribution in [3.63, 3.8) is 0 Å². The third-order valence-corrected chi connectivity index (χ3v) is 4.45. The minimum Gasteiger partial charge on any atom is -0.475 e. The molecule has 1 N–H and O–H groups in total. The van der Waals surface area contributed by atoms with Crippen molar-refractivity contribution < 1.29 is 19.5 Å². The van der Waals surface area contributed by atoms with Gasteiger partial charge in [0.05, 0.1) is 18.5 Å². The fourth-order valence-corrected chi connectivity index (χ4v) is 3.04. The number of hydrogen-bond acceptors (Lipinski definition) is 4. The molecule has 3 aromatic rings. The average molecular weight is 389 g/mol. The van der Waals surface area contributed by atoms with Crippen molar-refractivity contribution in [2.45, 2.75) is 19.4 Å². The van der Waals surface area contributed by atoms with Gasteiger partial charge in [-0.05, 0) is 29.2 Å². The maximum absolute atomic E-state index is 12.9. The Bertz CT molecular complexity index is 1100. The van der Waals surface area contributed by atoms with E-state index in [4.69, 9.17) is 5.11 Å². The van der Waals surface area contributed by atoms with Gasteiger partial charge >= 0.3 is 5.97 Å². The molecule has 6 heteroatoms. The summed E-state index contributed by atoms with van der Waals surface area (Å²) < 4.78 is 1.42. The van der Waals surface area contributed by atoms with Crippen molar-refractivity contribution >= 4 is 17.5 Å². The number of carbonyl (C=O) groups excluding carboxylic acids is 2. The summed E-state index contributed by atoms with van der Waals surface area (Å²) in [5.41, 5.74) is 1.87. The molecule has 0 unspecified atom stereocenters. The van der Waals surface area contributed by atoms with Crippen LogP contribution in [0.4, 0.5) is 0 Å². The van der Waals surface area contributed by atoms with Crippen LogP contribution in [0.2, 0.25) is 0 Å². The molecule has 0 radical (unpaired) electrons. The van der Waals surface area contributed by atoms with E-state index >= 15 is 0 Å². The van der Waals surface area contributed by atoms with Gasteiger partial charge in [-0.25, -0.2) is 4.79 Å². The fraction of sp³-hybridized carbons (Fsp3) is 0.130. The van der Waals surface area contributed by atoms with Gasteiger partial charge in [0.15, 0.2) is 5.78 Å². The van der Waals surface area contributed by atoms with Crippen molar-refractivity contribution in [1.29, 1.82) is 0 Å². The summed E-state index contributed by atoms with van der Waals surface area (Å²) in [4.78, 5) is 47.6. The van der Waals surface area contributed by atoms with E-state index in [1.165, 1.54) is 10.6 Å². The normalized spacial score (nSPS) is 10.5. The van der Waals surface area contributed by atoms with Crippen molar-refractivity contribution in [1.82, 2.24) is 4.57 Å². The molecule has 0 aliphatic carbocycles. The number of aromatic nitrogens is 1. The second kappa shape index (κ2) is 8.93. The molecule has 0 fully saturated rings. The minimum atomic E-state index is -1.69. The Morgan fingerprint density at radius 2 is 1.41 bits per heavy atom. The Balaban J connectivity index is 2.01. The fourth-order valence-electron chi connectivity index (χ4n) is 3.04. The van der Waals surface area contributed by atoms with Gasteiger partial charge in [0.25, 0.3) is 5.56 Å². The quantitative estimate of drug-likeness (QED) is 0.363. The molecule has 6 nitrogen and oxygen atoms in total. The summed E-state index contributed by atoms with van der Waals surface area (Å²) in [7, 11) is 0. The molecule has 0 spiro atoms. The number of carbonyl (C=O) groups is 3. The van der Waals surface area contributed by atoms with Crippen LogP contribution in [-0.4, -0.2) is 27.2 Å². The van der Waals surface area contributed by atoms with E-state index in [1.807, 2.05) is 60.7 Å². The first-order chi connectivity index (χ1) is 13.9. The Kier molecular flexibility index (Phi) is 6.14. The van der Waals surface area contributed by atoms with E-state index in [1.54, 1.807) is 6.20 Å². The Labute approximate surface area is 167 Å². The molecule has 0 aliphatic rings. The number of carboxylic acids is 1. The lowest BCUT2D eigenvalue weighted by molar-refractivity contribution is -0.148. The maximum atomic E-state index is 12.9. The van der Waals surface area contributed by atoms with Gasteiger partial charge in [-0.3, -0.25) is 14.4 Å². The Morgan fingerprint density at radius 3 is 2.00 bits per heavy atom. The number of Topliss-reactive ketones (excluding diaryl/α,β-unsaturated/α-hetero) is 2. The van der Waals surface area contributed by atoms with E-state index in [0.717, 1.165) is 16.7 Å². The summed E-state index contributed by atoms with van der Waals surface area (Å²) in [5, 5.41) is 8.76. The molecule has 146 valence electrons. The van der Waals surface area contributed by atoms with Crippen LogP contribution in [-0.2, 0) is 22.6 Å². The number of carboxylic acid groups (broad SMARTS) is 1. The predicted molar refractivity (Wildman–Crippen MR) is 107 cm³/mol. The van der Waals surface area contributed by atoms with Gasteiger partial charge in [0, 0.05) is 6.20 Å². The summed E-state index contributed by atoms with van der Waals surface area (Å²) in [6.45, 7) is 0.259. The zero-order valence-corrected chi connectivity index (χ0v) is 15.6. The number of nitrogens with zero attached hydrogens (tertiary/aromatic N) is 1. The van der Waals surface area contributed by atoms with Gasteiger partial charge in [-0.1, -0.05) is 60.7 Å². The molecule has 29 heavy (non-hydrogen) atoms. The van der Waals surface area contributed by atoms with Crippen LogP contribution < -0.4 is 5.56 Å². The first-order valence-corrected chi connectivity index (χ1v) is 9.04. The van der Waals surface area contributed by atoms with Gasteiger partial charge in [0.1, 0.15) is 0 Å². The molecular formula is C23H19NO5. The molecule has 0 bridgehead atoms. The largest absolute Gasteiger partial charge is 0.475 e. The Hall–Kier alpha value is -3.80. The van der Waals surface area contributed by atoms with Crippen molar-refractivity contribution in [3.8, 4) is 0 Å². The summed E-state index contributed by atoms with van der Waals surface area (Å²) >= 11 is 0. The van der Waals surface area contributed by atoms with Crippen LogP contribution in [0.3, 0.4) is 0 Å². The highest BCUT2D eigenvalue weighted by atomic mass is 16.4. The van der Waals surface area contributed by atoms with Crippen molar-refractivity contribution in [3.05, 3.63) is 106 Å². The summed E-state index contributed by atoms with van der Waals surface area (Å²) in [6, 6.07) is 20.3. The third kappa shape index (κ3) is 5.13. The lowest BCUT2D eigenvalue weighted by atomic mass is 10.0. The van der Waals surface area contributed by atoms with Gasteiger partial charge in [0.2, 0.25) is 5.78 Å². The van der Waals surface area contributed by atoms with E-state index in [-0.39, 0.29) is 12.1 Å². The summed E-state index contributed by atoms with van der Waals surface area (Å²) in [5.74, 6) is -3.72. The first kappa shape index (κ1) is 19.9. The predicted octanol–water partition coefficient (Wildman–Crippen LogP) is 2.71. The van der Waals surface area contributed by atoms with Crippen LogP contribution >= 0.6 is 0 Å². The molecule has 0 atom stereocenters. The molecule has 2 aromatic carbocycles. The number of aliphatic carboxylic acids is 1. The van der Waals surface area contributed by atoms with Crippen LogP contribution in [0, 0.1) is 0 Å². The molecule has 3 rings (SSSR count). The first-order valence-electron chi connectivity index (χ1n) is 9.04. The van der Waals surface area contributed by atoms with Gasteiger partial charge in [-0.2, -0.15) is 0 Å². The van der Waals surface area contributed by atoms with Crippen LogP contribution in [0.1, 0.15) is 33.5 Å². The van der Waals surface area contributed by atoms with E-state index in [2.05, 4.69) is 0 Å². The van der Waals surface area contributed by atoms with Crippen LogP contribution in [0.25, 0.3) is 0 Å². The number of hydrogen-bond donors (Lipinski definition) is 1. The van der Waals surface area contributed by atoms with E-state index in [9.17, 15) is 19.2 Å². The highest BCUT2D eigenvalue weighted by molar-refractivity contribution is 6.37. The highest BCUT2D eigenvalue weighted by Gasteiger charge is 2.21. The number of pyridine rings is 1. The second-order valence-electron chi connectivity index (χ2n) is 6.67. The molecule has 0 aliphatic heterocycles. The van der Waals surface area contributed by atoms with Crippen LogP contribution in [0.5, 0.6) is 0 Å². The van der Waals surface area contributed by atoms with E-state index in [0.29, 0.717) is 6.42 Å². The number of ketones is 2. The zero-order valence-electron chi connectivity index (χ0n) is 15.6. The minimum absolute atomic E-state index is 0.177. The molecule has 1 heterocycles. The lowest BCUT2D eigenvalue weighted by Gasteiger charge is -2.12. The van der Waals surface area contributed by atoms with Crippen LogP contribution in [0.15, 0.2) is 77.7 Å². The summed E-state index contributed by atoms with van der Waals surface area (Å²) in [6.07, 6.45) is 1.34. The van der Waals surface area contributed by atoms with Crippen molar-refractivity contribution in [2.75, 3.05) is 0 Å². The molecular weight excluding hydrogens is 370 g/mol. The standard InChI is InChI=1S/C23H19NO5/c25-20(13-21(26)23(28)29)19-12-18(11-16-7-3-1-4-8-16)15-24(22(19)27)14-17-9-5-2-6-10-17/h1-10,12,15H,11,13-14H2,(H,28,29). The topological polar surface area (TPSA) is 93.4 Å². The number of benzene rings is 2. The van der Waals surface area contributed by atoms with Gasteiger partial charge < -0.3 is 9.67 Å². The number of rotatable bonds is 8. The SMILES string of the molecule is O=C(O)C(=O)CC(=O)c1cc(Cc2ccccc2)cn(Cc2ccccc2)c1=O. The molecule has 1 aromatic heterocycles. The maximum Gasteiger partial charge on any atom is 0.372 e. The average Bonchev–Trinajstić information content (AvgIpc) is 2.71. The smallest absolute Gasteiger partial charge is 0.372 e. The highest BCUT2D eigenvalue weighted by Crippen LogP contribution is 2.12. The second-order valence-corrected chi connectivity index (χ2v) is 6.67.